The van der Waals surface area contributed by atoms with Crippen molar-refractivity contribution < 1.29 is 14.3 Å². The van der Waals surface area contributed by atoms with E-state index in [4.69, 9.17) is 4.74 Å². The van der Waals surface area contributed by atoms with Gasteiger partial charge in [-0.2, -0.15) is 0 Å². The second kappa shape index (κ2) is 9.71. The number of benzene rings is 1. The highest BCUT2D eigenvalue weighted by molar-refractivity contribution is 6.09. The van der Waals surface area contributed by atoms with E-state index in [1.165, 1.54) is 0 Å². The van der Waals surface area contributed by atoms with Gasteiger partial charge in [-0.25, -0.2) is 0 Å². The van der Waals surface area contributed by atoms with Crippen LogP contribution in [0.5, 0.6) is 0 Å². The van der Waals surface area contributed by atoms with Gasteiger partial charge in [-0.3, -0.25) is 9.59 Å². The maximum Gasteiger partial charge on any atom is 0.239 e. The highest BCUT2D eigenvalue weighted by Gasteiger charge is 2.35. The van der Waals surface area contributed by atoms with Gasteiger partial charge in [0.1, 0.15) is 5.41 Å². The number of piperazine rings is 1. The molecule has 0 unspecified atom stereocenters. The number of carbonyl (C=O) groups excluding carboxylic acids is 2. The lowest BCUT2D eigenvalue weighted by Gasteiger charge is -2.34. The van der Waals surface area contributed by atoms with Gasteiger partial charge in [0.15, 0.2) is 0 Å². The number of carbonyl (C=O) groups is 2. The summed E-state index contributed by atoms with van der Waals surface area (Å²) in [5.74, 6) is -0.607. The molecular formula is C20H32N4O3. The molecule has 1 aromatic rings. The maximum absolute atomic E-state index is 12.6. The fourth-order valence-electron chi connectivity index (χ4n) is 2.85. The van der Waals surface area contributed by atoms with E-state index in [-0.39, 0.29) is 11.8 Å². The van der Waals surface area contributed by atoms with Crippen LogP contribution in [0.25, 0.3) is 0 Å². The van der Waals surface area contributed by atoms with Crippen molar-refractivity contribution in [2.24, 2.45) is 5.41 Å². The summed E-state index contributed by atoms with van der Waals surface area (Å²) >= 11 is 0. The van der Waals surface area contributed by atoms with Gasteiger partial charge in [-0.1, -0.05) is 0 Å². The van der Waals surface area contributed by atoms with E-state index in [1.807, 2.05) is 24.3 Å². The van der Waals surface area contributed by atoms with E-state index >= 15 is 0 Å². The SMILES string of the molecule is COCCCNC(=O)C(C)(C)C(=O)Nc1ccc(N2CCN(C)CC2)cc1. The number of anilines is 2. The minimum atomic E-state index is -1.15. The van der Waals surface area contributed by atoms with Gasteiger partial charge in [0.25, 0.3) is 0 Å². The number of ether oxygens (including phenoxy) is 1. The summed E-state index contributed by atoms with van der Waals surface area (Å²) in [6.07, 6.45) is 0.716. The predicted octanol–water partition coefficient (Wildman–Crippen LogP) is 1.56. The lowest BCUT2D eigenvalue weighted by Crippen LogP contribution is -2.45. The summed E-state index contributed by atoms with van der Waals surface area (Å²) in [5, 5.41) is 5.64. The van der Waals surface area contributed by atoms with Crippen LogP contribution in [0.4, 0.5) is 11.4 Å². The monoisotopic (exact) mass is 376 g/mol. The smallest absolute Gasteiger partial charge is 0.239 e. The molecule has 0 atom stereocenters. The van der Waals surface area contributed by atoms with E-state index < -0.39 is 5.41 Å². The Morgan fingerprint density at radius 1 is 1.07 bits per heavy atom. The van der Waals surface area contributed by atoms with Crippen molar-refractivity contribution in [1.29, 1.82) is 0 Å². The van der Waals surface area contributed by atoms with E-state index in [2.05, 4.69) is 27.5 Å². The zero-order valence-corrected chi connectivity index (χ0v) is 16.9. The zero-order valence-electron chi connectivity index (χ0n) is 16.9. The molecule has 2 N–H and O–H groups in total. The van der Waals surface area contributed by atoms with Gasteiger partial charge in [-0.05, 0) is 51.6 Å². The molecule has 1 saturated heterocycles. The van der Waals surface area contributed by atoms with Crippen LogP contribution in [0.2, 0.25) is 0 Å². The minimum Gasteiger partial charge on any atom is -0.385 e. The summed E-state index contributed by atoms with van der Waals surface area (Å²) in [5.41, 5.74) is 0.692. The van der Waals surface area contributed by atoms with Crippen molar-refractivity contribution in [2.75, 3.05) is 63.7 Å². The van der Waals surface area contributed by atoms with Crippen molar-refractivity contribution >= 4 is 23.2 Å². The number of hydrogen-bond acceptors (Lipinski definition) is 5. The molecule has 0 spiro atoms. The lowest BCUT2D eigenvalue weighted by atomic mass is 9.91. The van der Waals surface area contributed by atoms with Gasteiger partial charge < -0.3 is 25.2 Å². The quantitative estimate of drug-likeness (QED) is 0.532. The second-order valence-corrected chi connectivity index (χ2v) is 7.52. The van der Waals surface area contributed by atoms with Gasteiger partial charge in [0, 0.05) is 57.8 Å². The number of hydrogen-bond donors (Lipinski definition) is 2. The molecule has 2 rings (SSSR count). The maximum atomic E-state index is 12.6. The first kappa shape index (κ1) is 21.2. The second-order valence-electron chi connectivity index (χ2n) is 7.52. The molecular weight excluding hydrogens is 344 g/mol. The molecule has 7 nitrogen and oxygen atoms in total. The lowest BCUT2D eigenvalue weighted by molar-refractivity contribution is -0.138. The van der Waals surface area contributed by atoms with Gasteiger partial charge >= 0.3 is 0 Å². The van der Waals surface area contributed by atoms with Crippen LogP contribution >= 0.6 is 0 Å². The Labute approximate surface area is 162 Å². The van der Waals surface area contributed by atoms with Crippen LogP contribution in [0.3, 0.4) is 0 Å². The summed E-state index contributed by atoms with van der Waals surface area (Å²) in [4.78, 5) is 29.5. The Bertz CT molecular complexity index is 623. The average Bonchev–Trinajstić information content (AvgIpc) is 2.66. The fraction of sp³-hybridized carbons (Fsp3) is 0.600. The molecule has 0 saturated carbocycles. The van der Waals surface area contributed by atoms with Crippen LogP contribution in [0.1, 0.15) is 20.3 Å². The van der Waals surface area contributed by atoms with Crippen LogP contribution in [0, 0.1) is 5.41 Å². The first-order chi connectivity index (χ1) is 12.8. The summed E-state index contributed by atoms with van der Waals surface area (Å²) < 4.78 is 4.96. The normalized spacial score (nSPS) is 15.5. The largest absolute Gasteiger partial charge is 0.385 e. The predicted molar refractivity (Wildman–Crippen MR) is 108 cm³/mol. The Morgan fingerprint density at radius 3 is 2.30 bits per heavy atom. The molecule has 0 bridgehead atoms. The van der Waals surface area contributed by atoms with Crippen molar-refractivity contribution in [3.05, 3.63) is 24.3 Å². The van der Waals surface area contributed by atoms with Gasteiger partial charge in [0.2, 0.25) is 11.8 Å². The first-order valence-corrected chi connectivity index (χ1v) is 9.47. The Morgan fingerprint density at radius 2 is 1.70 bits per heavy atom. The van der Waals surface area contributed by atoms with Gasteiger partial charge in [0.05, 0.1) is 0 Å². The standard InChI is InChI=1S/C20H32N4O3/c1-20(2,18(25)21-10-5-15-27-4)19(26)22-16-6-8-17(9-7-16)24-13-11-23(3)12-14-24/h6-9H,5,10-15H2,1-4H3,(H,21,25)(H,22,26). The molecule has 1 fully saturated rings. The highest BCUT2D eigenvalue weighted by Crippen LogP contribution is 2.22. The molecule has 27 heavy (non-hydrogen) atoms. The third kappa shape index (κ3) is 5.94. The summed E-state index contributed by atoms with van der Waals surface area (Å²) in [6.45, 7) is 8.42. The molecule has 0 aromatic heterocycles. The topological polar surface area (TPSA) is 73.9 Å². The van der Waals surface area contributed by atoms with Crippen molar-refractivity contribution in [2.45, 2.75) is 20.3 Å². The molecule has 2 amide bonds. The van der Waals surface area contributed by atoms with E-state index in [0.717, 1.165) is 31.9 Å². The third-order valence-corrected chi connectivity index (χ3v) is 4.94. The average molecular weight is 377 g/mol. The number of methoxy groups -OCH3 is 1. The van der Waals surface area contributed by atoms with Crippen LogP contribution < -0.4 is 15.5 Å². The summed E-state index contributed by atoms with van der Waals surface area (Å²) in [6, 6.07) is 7.80. The van der Waals surface area contributed by atoms with Gasteiger partial charge in [-0.15, -0.1) is 0 Å². The molecule has 1 aromatic carbocycles. The molecule has 150 valence electrons. The van der Waals surface area contributed by atoms with E-state index in [1.54, 1.807) is 21.0 Å². The molecule has 1 aliphatic heterocycles. The summed E-state index contributed by atoms with van der Waals surface area (Å²) in [7, 11) is 3.75. The number of likely N-dealkylation sites (N-methyl/N-ethyl adjacent to an activating group) is 1. The van der Waals surface area contributed by atoms with Crippen molar-refractivity contribution in [1.82, 2.24) is 10.2 Å². The zero-order chi connectivity index (χ0) is 19.9. The van der Waals surface area contributed by atoms with Crippen molar-refractivity contribution in [3.8, 4) is 0 Å². The van der Waals surface area contributed by atoms with Crippen LogP contribution in [-0.4, -0.2) is 70.2 Å². The van der Waals surface area contributed by atoms with Crippen LogP contribution in [0.15, 0.2) is 24.3 Å². The first-order valence-electron chi connectivity index (χ1n) is 9.47. The number of amides is 2. The molecule has 1 aliphatic rings. The van der Waals surface area contributed by atoms with E-state index in [9.17, 15) is 9.59 Å². The number of rotatable bonds is 8. The van der Waals surface area contributed by atoms with Crippen LogP contribution in [-0.2, 0) is 14.3 Å². The Kier molecular flexibility index (Phi) is 7.62. The Hall–Kier alpha value is -2.12. The van der Waals surface area contributed by atoms with E-state index in [0.29, 0.717) is 25.3 Å². The minimum absolute atomic E-state index is 0.287. The third-order valence-electron chi connectivity index (χ3n) is 4.94. The molecule has 1 heterocycles. The molecule has 0 radical (unpaired) electrons. The number of nitrogens with zero attached hydrogens (tertiary/aromatic N) is 2. The number of nitrogens with one attached hydrogen (secondary N) is 2. The molecule has 0 aliphatic carbocycles. The Balaban J connectivity index is 1.89. The fourth-order valence-corrected chi connectivity index (χ4v) is 2.85. The van der Waals surface area contributed by atoms with Crippen molar-refractivity contribution in [3.63, 3.8) is 0 Å². The molecule has 7 heteroatoms. The highest BCUT2D eigenvalue weighted by atomic mass is 16.5.